The van der Waals surface area contributed by atoms with Gasteiger partial charge in [-0.15, -0.1) is 0 Å². The third kappa shape index (κ3) is 6.11. The van der Waals surface area contributed by atoms with Crippen LogP contribution < -0.4 is 4.72 Å². The van der Waals surface area contributed by atoms with Gasteiger partial charge in [-0.2, -0.15) is 0 Å². The molecule has 0 aliphatic rings. The molecule has 0 fully saturated rings. The Kier molecular flexibility index (Phi) is 5.65. The Hall–Kier alpha value is -0.620. The maximum Gasteiger partial charge on any atom is 0.211 e. The van der Waals surface area contributed by atoms with Gasteiger partial charge in [-0.25, -0.2) is 13.1 Å². The van der Waals surface area contributed by atoms with Gasteiger partial charge in [0, 0.05) is 12.8 Å². The molecule has 1 N–H and O–H groups in total. The number of sulfonamides is 1. The molecule has 12 heavy (non-hydrogen) atoms. The second-order valence-corrected chi connectivity index (χ2v) is 4.09. The lowest BCUT2D eigenvalue weighted by atomic mass is 10.7. The van der Waals surface area contributed by atoms with Gasteiger partial charge in [-0.1, -0.05) is 5.16 Å². The van der Waals surface area contributed by atoms with Crippen molar-refractivity contribution in [2.45, 2.75) is 13.8 Å². The zero-order valence-electron chi connectivity index (χ0n) is 7.28. The first-order valence-electron chi connectivity index (χ1n) is 3.69. The highest BCUT2D eigenvalue weighted by Gasteiger charge is 2.03. The summed E-state index contributed by atoms with van der Waals surface area (Å²) in [6.45, 7) is 3.81. The molecule has 0 spiro atoms. The number of oxime groups is 1. The summed E-state index contributed by atoms with van der Waals surface area (Å²) in [6.07, 6.45) is 1.49. The topological polar surface area (TPSA) is 67.8 Å². The van der Waals surface area contributed by atoms with E-state index < -0.39 is 10.0 Å². The van der Waals surface area contributed by atoms with E-state index in [1.54, 1.807) is 13.8 Å². The standard InChI is InChI=1S/C6H14N2O3S/c1-3-7-11-6-5-8-12(9,10)4-2/h3,8H,4-6H2,1-2H3. The van der Waals surface area contributed by atoms with E-state index in [0.29, 0.717) is 0 Å². The second kappa shape index (κ2) is 5.96. The van der Waals surface area contributed by atoms with Gasteiger partial charge in [-0.3, -0.25) is 0 Å². The number of rotatable bonds is 6. The van der Waals surface area contributed by atoms with Gasteiger partial charge in [0.1, 0.15) is 6.61 Å². The first-order valence-corrected chi connectivity index (χ1v) is 5.35. The third-order valence-corrected chi connectivity index (χ3v) is 2.48. The number of nitrogens with zero attached hydrogens (tertiary/aromatic N) is 1. The van der Waals surface area contributed by atoms with E-state index in [0.717, 1.165) is 0 Å². The molecule has 0 atom stereocenters. The summed E-state index contributed by atoms with van der Waals surface area (Å²) in [5, 5.41) is 3.46. The normalized spacial score (nSPS) is 12.2. The summed E-state index contributed by atoms with van der Waals surface area (Å²) < 4.78 is 24.0. The minimum Gasteiger partial charge on any atom is -0.395 e. The quantitative estimate of drug-likeness (QED) is 0.366. The maximum atomic E-state index is 10.8. The fraction of sp³-hybridized carbons (Fsp3) is 0.833. The average Bonchev–Trinajstić information content (AvgIpc) is 2.04. The SMILES string of the molecule is CC=NOCCNS(=O)(=O)CC. The maximum absolute atomic E-state index is 10.8. The van der Waals surface area contributed by atoms with Crippen LogP contribution in [0, 0.1) is 0 Å². The molecule has 0 aromatic heterocycles. The van der Waals surface area contributed by atoms with Crippen LogP contribution in [0.15, 0.2) is 5.16 Å². The van der Waals surface area contributed by atoms with Crippen LogP contribution in [0.2, 0.25) is 0 Å². The van der Waals surface area contributed by atoms with Crippen molar-refractivity contribution in [3.05, 3.63) is 0 Å². The van der Waals surface area contributed by atoms with Crippen LogP contribution >= 0.6 is 0 Å². The molecule has 0 rings (SSSR count). The monoisotopic (exact) mass is 194 g/mol. The van der Waals surface area contributed by atoms with Gasteiger partial charge >= 0.3 is 0 Å². The van der Waals surface area contributed by atoms with Gasteiger partial charge in [-0.05, 0) is 13.8 Å². The molecule has 5 nitrogen and oxygen atoms in total. The number of hydrogen-bond donors (Lipinski definition) is 1. The minimum atomic E-state index is -3.09. The Labute approximate surface area is 72.8 Å². The van der Waals surface area contributed by atoms with Crippen LogP contribution in [-0.2, 0) is 14.9 Å². The molecule has 0 unspecified atom stereocenters. The fourth-order valence-electron chi connectivity index (χ4n) is 0.472. The Morgan fingerprint density at radius 1 is 1.58 bits per heavy atom. The molecule has 0 aromatic rings. The van der Waals surface area contributed by atoms with Crippen molar-refractivity contribution < 1.29 is 13.3 Å². The van der Waals surface area contributed by atoms with Gasteiger partial charge in [0.15, 0.2) is 0 Å². The van der Waals surface area contributed by atoms with Crippen LogP contribution in [0.4, 0.5) is 0 Å². The van der Waals surface area contributed by atoms with E-state index in [1.807, 2.05) is 0 Å². The molecule has 0 bridgehead atoms. The van der Waals surface area contributed by atoms with E-state index in [1.165, 1.54) is 6.21 Å². The highest BCUT2D eigenvalue weighted by molar-refractivity contribution is 7.89. The molecule has 0 aliphatic carbocycles. The first kappa shape index (κ1) is 11.4. The summed E-state index contributed by atoms with van der Waals surface area (Å²) in [7, 11) is -3.09. The van der Waals surface area contributed by atoms with Crippen molar-refractivity contribution in [3.63, 3.8) is 0 Å². The van der Waals surface area contributed by atoms with Crippen LogP contribution in [0.5, 0.6) is 0 Å². The van der Waals surface area contributed by atoms with Gasteiger partial charge in [0.25, 0.3) is 0 Å². The summed E-state index contributed by atoms with van der Waals surface area (Å²) in [5.41, 5.74) is 0. The van der Waals surface area contributed by atoms with Crippen LogP contribution in [0.1, 0.15) is 13.8 Å². The Bertz CT molecular complexity index is 223. The van der Waals surface area contributed by atoms with Crippen molar-refractivity contribution in [3.8, 4) is 0 Å². The van der Waals surface area contributed by atoms with E-state index in [9.17, 15) is 8.42 Å². The molecular weight excluding hydrogens is 180 g/mol. The largest absolute Gasteiger partial charge is 0.395 e. The molecule has 0 radical (unpaired) electrons. The highest BCUT2D eigenvalue weighted by atomic mass is 32.2. The van der Waals surface area contributed by atoms with Crippen molar-refractivity contribution in [1.82, 2.24) is 4.72 Å². The van der Waals surface area contributed by atoms with Gasteiger partial charge in [0.05, 0.1) is 5.75 Å². The van der Waals surface area contributed by atoms with E-state index >= 15 is 0 Å². The van der Waals surface area contributed by atoms with Crippen LogP contribution in [-0.4, -0.2) is 33.5 Å². The van der Waals surface area contributed by atoms with Crippen molar-refractivity contribution in [1.29, 1.82) is 0 Å². The molecule has 0 saturated carbocycles. The van der Waals surface area contributed by atoms with Crippen molar-refractivity contribution in [2.75, 3.05) is 18.9 Å². The molecule has 0 heterocycles. The number of hydrogen-bond acceptors (Lipinski definition) is 4. The lowest BCUT2D eigenvalue weighted by Gasteiger charge is -2.02. The third-order valence-electron chi connectivity index (χ3n) is 1.08. The molecule has 72 valence electrons. The van der Waals surface area contributed by atoms with Crippen molar-refractivity contribution >= 4 is 16.2 Å². The summed E-state index contributed by atoms with van der Waals surface area (Å²) in [5.74, 6) is 0.0873. The van der Waals surface area contributed by atoms with E-state index in [-0.39, 0.29) is 18.9 Å². The Morgan fingerprint density at radius 2 is 2.25 bits per heavy atom. The summed E-state index contributed by atoms with van der Waals surface area (Å²) in [6, 6.07) is 0. The predicted octanol–water partition coefficient (Wildman–Crippen LogP) is -0.0520. The fourth-order valence-corrected chi connectivity index (χ4v) is 1.07. The average molecular weight is 194 g/mol. The molecule has 0 aromatic carbocycles. The molecular formula is C6H14N2O3S. The van der Waals surface area contributed by atoms with E-state index in [4.69, 9.17) is 0 Å². The molecule has 0 amide bonds. The summed E-state index contributed by atoms with van der Waals surface area (Å²) >= 11 is 0. The Morgan fingerprint density at radius 3 is 2.75 bits per heavy atom. The zero-order chi connectivity index (χ0) is 9.45. The van der Waals surface area contributed by atoms with Gasteiger partial charge in [0.2, 0.25) is 10.0 Å². The molecule has 0 aliphatic heterocycles. The number of nitrogens with one attached hydrogen (secondary N) is 1. The first-order chi connectivity index (χ1) is 5.62. The molecule has 0 saturated heterocycles. The molecule has 6 heteroatoms. The smallest absolute Gasteiger partial charge is 0.211 e. The van der Waals surface area contributed by atoms with Crippen LogP contribution in [0.25, 0.3) is 0 Å². The lowest BCUT2D eigenvalue weighted by molar-refractivity contribution is 0.151. The summed E-state index contributed by atoms with van der Waals surface area (Å²) in [4.78, 5) is 4.67. The Balaban J connectivity index is 3.44. The predicted molar refractivity (Wildman–Crippen MR) is 47.6 cm³/mol. The van der Waals surface area contributed by atoms with Gasteiger partial charge < -0.3 is 4.84 Å². The lowest BCUT2D eigenvalue weighted by Crippen LogP contribution is -2.28. The minimum absolute atomic E-state index is 0.0873. The van der Waals surface area contributed by atoms with E-state index in [2.05, 4.69) is 14.7 Å². The highest BCUT2D eigenvalue weighted by Crippen LogP contribution is 1.81. The van der Waals surface area contributed by atoms with Crippen LogP contribution in [0.3, 0.4) is 0 Å². The second-order valence-electron chi connectivity index (χ2n) is 1.99. The zero-order valence-corrected chi connectivity index (χ0v) is 8.10. The van der Waals surface area contributed by atoms with Crippen molar-refractivity contribution in [2.24, 2.45) is 5.16 Å².